The van der Waals surface area contributed by atoms with Crippen LogP contribution in [0.1, 0.15) is 24.0 Å². The summed E-state index contributed by atoms with van der Waals surface area (Å²) in [4.78, 5) is 12.0. The second-order valence-corrected chi connectivity index (χ2v) is 4.59. The predicted octanol–water partition coefficient (Wildman–Crippen LogP) is 3.54. The van der Waals surface area contributed by atoms with Gasteiger partial charge < -0.3 is 9.47 Å². The minimum absolute atomic E-state index is 0.216. The van der Waals surface area contributed by atoms with Crippen LogP contribution in [0.25, 0.3) is 0 Å². The largest absolute Gasteiger partial charge is 0.497 e. The van der Waals surface area contributed by atoms with E-state index in [4.69, 9.17) is 9.47 Å². The van der Waals surface area contributed by atoms with Crippen molar-refractivity contribution >= 4 is 5.97 Å². The molecule has 1 unspecified atom stereocenters. The highest BCUT2D eigenvalue weighted by molar-refractivity contribution is 5.77. The zero-order chi connectivity index (χ0) is 14.4. The van der Waals surface area contributed by atoms with Gasteiger partial charge in [-0.25, -0.2) is 0 Å². The van der Waals surface area contributed by atoms with Gasteiger partial charge in [0.15, 0.2) is 0 Å². The van der Waals surface area contributed by atoms with Gasteiger partial charge in [-0.2, -0.15) is 0 Å². The topological polar surface area (TPSA) is 35.5 Å². The van der Waals surface area contributed by atoms with Crippen LogP contribution in [0, 0.1) is 0 Å². The maximum atomic E-state index is 12.0. The van der Waals surface area contributed by atoms with Crippen molar-refractivity contribution in [1.29, 1.82) is 0 Å². The fourth-order valence-electron chi connectivity index (χ4n) is 1.88. The number of hydrogen-bond acceptors (Lipinski definition) is 3. The highest BCUT2D eigenvalue weighted by atomic mass is 16.5. The van der Waals surface area contributed by atoms with E-state index in [0.29, 0.717) is 0 Å². The van der Waals surface area contributed by atoms with Crippen LogP contribution in [-0.2, 0) is 16.1 Å². The van der Waals surface area contributed by atoms with Gasteiger partial charge in [-0.1, -0.05) is 42.5 Å². The third-order valence-corrected chi connectivity index (χ3v) is 3.19. The average Bonchev–Trinajstić information content (AvgIpc) is 2.53. The van der Waals surface area contributed by atoms with Crippen LogP contribution in [0.5, 0.6) is 5.75 Å². The molecule has 0 N–H and O–H groups in total. The average molecular weight is 270 g/mol. The SMILES string of the molecule is COc1ccc(COC(=O)C(C)c2ccccc2)cc1. The number of carbonyl (C=O) groups excluding carboxylic acids is 1. The number of ether oxygens (including phenoxy) is 2. The van der Waals surface area contributed by atoms with Crippen molar-refractivity contribution in [2.75, 3.05) is 7.11 Å². The van der Waals surface area contributed by atoms with Crippen LogP contribution in [0.15, 0.2) is 54.6 Å². The summed E-state index contributed by atoms with van der Waals surface area (Å²) >= 11 is 0. The summed E-state index contributed by atoms with van der Waals surface area (Å²) in [6.45, 7) is 2.13. The molecule has 0 amide bonds. The molecule has 2 rings (SSSR count). The fourth-order valence-corrected chi connectivity index (χ4v) is 1.88. The van der Waals surface area contributed by atoms with Gasteiger partial charge in [0.25, 0.3) is 0 Å². The summed E-state index contributed by atoms with van der Waals surface area (Å²) < 4.78 is 10.4. The van der Waals surface area contributed by atoms with Crippen LogP contribution in [0.4, 0.5) is 0 Å². The first-order valence-corrected chi connectivity index (χ1v) is 6.55. The summed E-state index contributed by atoms with van der Waals surface area (Å²) in [6.07, 6.45) is 0. The zero-order valence-electron chi connectivity index (χ0n) is 11.7. The van der Waals surface area contributed by atoms with E-state index in [0.717, 1.165) is 16.9 Å². The summed E-state index contributed by atoms with van der Waals surface area (Å²) in [5.41, 5.74) is 1.91. The molecule has 0 bridgehead atoms. The Morgan fingerprint density at radius 3 is 2.30 bits per heavy atom. The number of benzene rings is 2. The van der Waals surface area contributed by atoms with Gasteiger partial charge in [-0.3, -0.25) is 4.79 Å². The quantitative estimate of drug-likeness (QED) is 0.779. The third kappa shape index (κ3) is 3.60. The van der Waals surface area contributed by atoms with Crippen LogP contribution < -0.4 is 4.74 Å². The Morgan fingerprint density at radius 2 is 1.70 bits per heavy atom. The van der Waals surface area contributed by atoms with Crippen molar-refractivity contribution in [2.45, 2.75) is 19.4 Å². The standard InChI is InChI=1S/C17H18O3/c1-13(15-6-4-3-5-7-15)17(18)20-12-14-8-10-16(19-2)11-9-14/h3-11,13H,12H2,1-2H3. The highest BCUT2D eigenvalue weighted by Crippen LogP contribution is 2.18. The molecule has 2 aromatic carbocycles. The van der Waals surface area contributed by atoms with E-state index < -0.39 is 0 Å². The molecule has 0 aliphatic rings. The van der Waals surface area contributed by atoms with Crippen molar-refractivity contribution in [3.63, 3.8) is 0 Å². The first-order valence-electron chi connectivity index (χ1n) is 6.55. The number of rotatable bonds is 5. The second kappa shape index (κ2) is 6.75. The van der Waals surface area contributed by atoms with Crippen molar-refractivity contribution in [2.24, 2.45) is 0 Å². The molecule has 0 saturated heterocycles. The summed E-state index contributed by atoms with van der Waals surface area (Å²) in [6, 6.07) is 17.1. The summed E-state index contributed by atoms with van der Waals surface area (Å²) in [7, 11) is 1.62. The number of hydrogen-bond donors (Lipinski definition) is 0. The Morgan fingerprint density at radius 1 is 1.05 bits per heavy atom. The van der Waals surface area contributed by atoms with Crippen molar-refractivity contribution in [3.05, 3.63) is 65.7 Å². The number of methoxy groups -OCH3 is 1. The molecule has 0 radical (unpaired) electrons. The van der Waals surface area contributed by atoms with E-state index in [2.05, 4.69) is 0 Å². The lowest BCUT2D eigenvalue weighted by molar-refractivity contribution is -0.146. The van der Waals surface area contributed by atoms with Gasteiger partial charge in [0, 0.05) is 0 Å². The first-order chi connectivity index (χ1) is 9.70. The molecule has 0 aliphatic carbocycles. The van der Waals surface area contributed by atoms with Gasteiger partial charge in [-0.15, -0.1) is 0 Å². The second-order valence-electron chi connectivity index (χ2n) is 4.59. The minimum Gasteiger partial charge on any atom is -0.497 e. The Hall–Kier alpha value is -2.29. The van der Waals surface area contributed by atoms with E-state index in [1.807, 2.05) is 61.5 Å². The molecule has 104 valence electrons. The lowest BCUT2D eigenvalue weighted by Crippen LogP contribution is -2.13. The van der Waals surface area contributed by atoms with Gasteiger partial charge in [-0.05, 0) is 30.2 Å². The summed E-state index contributed by atoms with van der Waals surface area (Å²) in [5.74, 6) is 0.319. The van der Waals surface area contributed by atoms with E-state index in [1.165, 1.54) is 0 Å². The molecule has 2 aromatic rings. The molecule has 0 heterocycles. The normalized spacial score (nSPS) is 11.7. The van der Waals surface area contributed by atoms with Crippen LogP contribution >= 0.6 is 0 Å². The van der Waals surface area contributed by atoms with Crippen molar-refractivity contribution in [3.8, 4) is 5.75 Å². The predicted molar refractivity (Wildman–Crippen MR) is 77.6 cm³/mol. The van der Waals surface area contributed by atoms with Gasteiger partial charge in [0.05, 0.1) is 13.0 Å². The molecule has 3 nitrogen and oxygen atoms in total. The minimum atomic E-state index is -0.255. The van der Waals surface area contributed by atoms with Crippen LogP contribution in [0.3, 0.4) is 0 Å². The monoisotopic (exact) mass is 270 g/mol. The molecule has 3 heteroatoms. The van der Waals surface area contributed by atoms with Gasteiger partial charge in [0.1, 0.15) is 12.4 Å². The Kier molecular flexibility index (Phi) is 4.77. The van der Waals surface area contributed by atoms with Crippen LogP contribution in [0.2, 0.25) is 0 Å². The molecule has 20 heavy (non-hydrogen) atoms. The first kappa shape index (κ1) is 14.1. The maximum absolute atomic E-state index is 12.0. The van der Waals surface area contributed by atoms with Crippen molar-refractivity contribution in [1.82, 2.24) is 0 Å². The lowest BCUT2D eigenvalue weighted by Gasteiger charge is -2.12. The molecule has 0 aromatic heterocycles. The van der Waals surface area contributed by atoms with E-state index in [-0.39, 0.29) is 18.5 Å². The lowest BCUT2D eigenvalue weighted by atomic mass is 10.0. The van der Waals surface area contributed by atoms with Gasteiger partial charge >= 0.3 is 5.97 Å². The number of esters is 1. The van der Waals surface area contributed by atoms with E-state index in [1.54, 1.807) is 7.11 Å². The molecule has 0 spiro atoms. The molecule has 0 fully saturated rings. The molecule has 0 aliphatic heterocycles. The third-order valence-electron chi connectivity index (χ3n) is 3.19. The smallest absolute Gasteiger partial charge is 0.313 e. The molecule has 0 saturated carbocycles. The Bertz CT molecular complexity index is 546. The molecular weight excluding hydrogens is 252 g/mol. The Balaban J connectivity index is 1.91. The van der Waals surface area contributed by atoms with E-state index in [9.17, 15) is 4.79 Å². The molecule has 1 atom stereocenters. The number of carbonyl (C=O) groups is 1. The Labute approximate surface area is 119 Å². The van der Waals surface area contributed by atoms with E-state index >= 15 is 0 Å². The summed E-state index contributed by atoms with van der Waals surface area (Å²) in [5, 5.41) is 0. The molecular formula is C17H18O3. The zero-order valence-corrected chi connectivity index (χ0v) is 11.7. The maximum Gasteiger partial charge on any atom is 0.313 e. The fraction of sp³-hybridized carbons (Fsp3) is 0.235. The van der Waals surface area contributed by atoms with Crippen molar-refractivity contribution < 1.29 is 14.3 Å². The van der Waals surface area contributed by atoms with Gasteiger partial charge in [0.2, 0.25) is 0 Å². The van der Waals surface area contributed by atoms with Crippen LogP contribution in [-0.4, -0.2) is 13.1 Å². The highest BCUT2D eigenvalue weighted by Gasteiger charge is 2.16.